The number of carbonyl (C=O) groups is 1. The fourth-order valence-corrected chi connectivity index (χ4v) is 6.39. The Kier molecular flexibility index (Phi) is 6.99. The van der Waals surface area contributed by atoms with Gasteiger partial charge in [0.25, 0.3) is 11.9 Å². The van der Waals surface area contributed by atoms with Crippen LogP contribution in [0.15, 0.2) is 10.7 Å². The van der Waals surface area contributed by atoms with E-state index in [1.807, 2.05) is 0 Å². The first-order valence-corrected chi connectivity index (χ1v) is 12.9. The Morgan fingerprint density at radius 2 is 1.79 bits per heavy atom. The number of oxazole rings is 1. The van der Waals surface area contributed by atoms with Gasteiger partial charge in [0.05, 0.1) is 6.61 Å². The molecule has 0 saturated carbocycles. The van der Waals surface area contributed by atoms with Crippen molar-refractivity contribution in [3.63, 3.8) is 0 Å². The van der Waals surface area contributed by atoms with Crippen LogP contribution >= 0.6 is 11.6 Å². The molecular weight excluding hydrogens is 468 g/mol. The van der Waals surface area contributed by atoms with Crippen LogP contribution in [0.2, 0.25) is 5.02 Å². The number of hydrogen-bond donors (Lipinski definition) is 2. The maximum absolute atomic E-state index is 12.7. The van der Waals surface area contributed by atoms with Crippen molar-refractivity contribution in [3.8, 4) is 0 Å². The van der Waals surface area contributed by atoms with Gasteiger partial charge in [0.1, 0.15) is 6.26 Å². The van der Waals surface area contributed by atoms with Gasteiger partial charge in [-0.15, -0.1) is 0 Å². The summed E-state index contributed by atoms with van der Waals surface area (Å²) in [5, 5.41) is 4.14. The van der Waals surface area contributed by atoms with E-state index < -0.39 is 16.1 Å². The maximum atomic E-state index is 12.7. The highest BCUT2D eigenvalue weighted by Crippen LogP contribution is 2.44. The summed E-state index contributed by atoms with van der Waals surface area (Å²) in [4.78, 5) is 16.8. The van der Waals surface area contributed by atoms with Crippen molar-refractivity contribution in [1.29, 1.82) is 0 Å². The molecule has 1 aromatic carbocycles. The van der Waals surface area contributed by atoms with Gasteiger partial charge in [-0.1, -0.05) is 11.6 Å². The van der Waals surface area contributed by atoms with Gasteiger partial charge < -0.3 is 14.5 Å². The lowest BCUT2D eigenvalue weighted by molar-refractivity contribution is 0.0972. The number of hydrogen-bond acceptors (Lipinski definition) is 7. The number of amides is 1. The highest BCUT2D eigenvalue weighted by Gasteiger charge is 2.30. The molecule has 2 aliphatic rings. The number of rotatable bonds is 9. The molecule has 1 heterocycles. The molecule has 2 aromatic rings. The van der Waals surface area contributed by atoms with Gasteiger partial charge in [0, 0.05) is 30.4 Å². The van der Waals surface area contributed by atoms with Crippen molar-refractivity contribution in [2.24, 2.45) is 0 Å². The molecule has 1 amide bonds. The third kappa shape index (κ3) is 4.75. The van der Waals surface area contributed by atoms with Gasteiger partial charge in [-0.3, -0.25) is 4.79 Å². The minimum Gasteiger partial charge on any atom is -0.431 e. The minimum atomic E-state index is -4.07. The Labute approximate surface area is 199 Å². The molecule has 2 aliphatic carbocycles. The average molecular weight is 497 g/mol. The van der Waals surface area contributed by atoms with Crippen LogP contribution in [0, 0.1) is 0 Å². The van der Waals surface area contributed by atoms with E-state index in [1.54, 1.807) is 13.8 Å². The number of carbonyl (C=O) groups excluding carboxylic acids is 1. The van der Waals surface area contributed by atoms with Crippen molar-refractivity contribution in [2.75, 3.05) is 25.6 Å². The van der Waals surface area contributed by atoms with E-state index in [1.165, 1.54) is 29.4 Å². The molecule has 4 rings (SSSR count). The molecular formula is C22H29ClN4O5S. The minimum absolute atomic E-state index is 0.120. The molecule has 0 saturated heterocycles. The van der Waals surface area contributed by atoms with Crippen LogP contribution in [0.3, 0.4) is 0 Å². The third-order valence-electron chi connectivity index (χ3n) is 6.16. The summed E-state index contributed by atoms with van der Waals surface area (Å²) in [6, 6.07) is -0.211. The van der Waals surface area contributed by atoms with Gasteiger partial charge in [-0.05, 0) is 74.6 Å². The zero-order valence-corrected chi connectivity index (χ0v) is 20.6. The second kappa shape index (κ2) is 9.61. The van der Waals surface area contributed by atoms with E-state index in [9.17, 15) is 13.2 Å². The summed E-state index contributed by atoms with van der Waals surface area (Å²) in [5.41, 5.74) is 5.56. The lowest BCUT2D eigenvalue weighted by Crippen LogP contribution is -2.48. The SMILES string of the molecule is COCCN(C(C)C)S(=O)(=O)NC(=O)c1coc(Nc2c3c(c(Cl)c4c2CCC4)CCC3)n1. The van der Waals surface area contributed by atoms with Crippen LogP contribution in [0.4, 0.5) is 11.7 Å². The Hall–Kier alpha value is -2.14. The molecule has 0 unspecified atom stereocenters. The van der Waals surface area contributed by atoms with E-state index in [0.29, 0.717) is 0 Å². The number of ether oxygens (including phenoxy) is 1. The van der Waals surface area contributed by atoms with Gasteiger partial charge in [0.15, 0.2) is 5.69 Å². The average Bonchev–Trinajstić information content (AvgIpc) is 3.51. The van der Waals surface area contributed by atoms with E-state index in [-0.39, 0.29) is 30.9 Å². The molecule has 0 atom stereocenters. The van der Waals surface area contributed by atoms with E-state index in [0.717, 1.165) is 59.8 Å². The number of nitrogens with zero attached hydrogens (tertiary/aromatic N) is 2. The van der Waals surface area contributed by atoms with Crippen LogP contribution in [0.25, 0.3) is 0 Å². The maximum Gasteiger partial charge on any atom is 0.304 e. The number of methoxy groups -OCH3 is 1. The summed E-state index contributed by atoms with van der Waals surface area (Å²) in [5.74, 6) is -0.860. The molecule has 0 bridgehead atoms. The van der Waals surface area contributed by atoms with Crippen molar-refractivity contribution in [1.82, 2.24) is 14.0 Å². The zero-order valence-electron chi connectivity index (χ0n) is 19.0. The summed E-state index contributed by atoms with van der Waals surface area (Å²) >= 11 is 6.67. The molecule has 180 valence electrons. The smallest absolute Gasteiger partial charge is 0.304 e. The molecule has 0 fully saturated rings. The van der Waals surface area contributed by atoms with Gasteiger partial charge >= 0.3 is 10.2 Å². The lowest BCUT2D eigenvalue weighted by atomic mass is 9.98. The number of fused-ring (bicyclic) bond motifs is 2. The molecule has 0 spiro atoms. The van der Waals surface area contributed by atoms with E-state index in [4.69, 9.17) is 20.8 Å². The number of anilines is 2. The molecule has 2 N–H and O–H groups in total. The molecule has 9 nitrogen and oxygen atoms in total. The third-order valence-corrected chi connectivity index (χ3v) is 8.28. The number of aromatic nitrogens is 1. The predicted molar refractivity (Wildman–Crippen MR) is 125 cm³/mol. The molecule has 33 heavy (non-hydrogen) atoms. The van der Waals surface area contributed by atoms with Crippen molar-refractivity contribution >= 4 is 39.4 Å². The highest BCUT2D eigenvalue weighted by atomic mass is 35.5. The van der Waals surface area contributed by atoms with E-state index >= 15 is 0 Å². The van der Waals surface area contributed by atoms with Crippen LogP contribution in [0.1, 0.15) is 59.4 Å². The van der Waals surface area contributed by atoms with Crippen molar-refractivity contribution < 1.29 is 22.4 Å². The predicted octanol–water partition coefficient (Wildman–Crippen LogP) is 3.38. The molecule has 1 aromatic heterocycles. The highest BCUT2D eigenvalue weighted by molar-refractivity contribution is 7.87. The largest absolute Gasteiger partial charge is 0.431 e. The van der Waals surface area contributed by atoms with Crippen molar-refractivity contribution in [2.45, 2.75) is 58.4 Å². The van der Waals surface area contributed by atoms with Crippen LogP contribution in [-0.2, 0) is 40.6 Å². The first-order valence-electron chi connectivity index (χ1n) is 11.1. The Balaban J connectivity index is 1.53. The molecule has 0 radical (unpaired) electrons. The van der Waals surface area contributed by atoms with Gasteiger partial charge in [0.2, 0.25) is 0 Å². The second-order valence-corrected chi connectivity index (χ2v) is 10.6. The Morgan fingerprint density at radius 3 is 2.36 bits per heavy atom. The normalized spacial score (nSPS) is 15.2. The Morgan fingerprint density at radius 1 is 1.18 bits per heavy atom. The quantitative estimate of drug-likeness (QED) is 0.547. The molecule has 0 aliphatic heterocycles. The monoisotopic (exact) mass is 496 g/mol. The first kappa shape index (κ1) is 24.0. The van der Waals surface area contributed by atoms with Gasteiger partial charge in [-0.2, -0.15) is 17.7 Å². The van der Waals surface area contributed by atoms with Crippen LogP contribution < -0.4 is 10.0 Å². The van der Waals surface area contributed by atoms with Crippen LogP contribution in [0.5, 0.6) is 0 Å². The zero-order chi connectivity index (χ0) is 23.8. The topological polar surface area (TPSA) is 114 Å². The lowest BCUT2D eigenvalue weighted by Gasteiger charge is -2.25. The van der Waals surface area contributed by atoms with Crippen molar-refractivity contribution in [3.05, 3.63) is 39.2 Å². The second-order valence-electron chi connectivity index (χ2n) is 8.61. The van der Waals surface area contributed by atoms with Gasteiger partial charge in [-0.25, -0.2) is 4.72 Å². The summed E-state index contributed by atoms with van der Waals surface area (Å²) in [6.45, 7) is 3.78. The summed E-state index contributed by atoms with van der Waals surface area (Å²) in [6.07, 6.45) is 6.97. The number of nitrogens with one attached hydrogen (secondary N) is 2. The standard InChI is InChI=1S/C22H29ClN4O5S/c1-13(2)27(10-11-31-3)33(29,30)26-21(28)18-12-32-22(24-18)25-20-16-8-4-6-14(16)19(23)15-7-5-9-17(15)20/h12-13H,4-11H2,1-3H3,(H,24,25)(H,26,28). The van der Waals surface area contributed by atoms with Crippen LogP contribution in [-0.4, -0.2) is 49.9 Å². The first-order chi connectivity index (χ1) is 15.7. The number of halogens is 1. The summed E-state index contributed by atoms with van der Waals surface area (Å²) < 4.78 is 39.1. The molecule has 11 heteroatoms. The Bertz CT molecular complexity index is 1130. The fraction of sp³-hybridized carbons (Fsp3) is 0.545. The summed E-state index contributed by atoms with van der Waals surface area (Å²) in [7, 11) is -2.59. The fourth-order valence-electron chi connectivity index (χ4n) is 4.65. The van der Waals surface area contributed by atoms with E-state index in [2.05, 4.69) is 15.0 Å². The number of benzene rings is 1.